The van der Waals surface area contributed by atoms with Gasteiger partial charge in [0, 0.05) is 10.4 Å². The molecule has 2 nitrogen and oxygen atoms in total. The van der Waals surface area contributed by atoms with Crippen LogP contribution in [0.5, 0.6) is 11.5 Å². The smallest absolute Gasteiger partial charge is 0.160 e. The summed E-state index contributed by atoms with van der Waals surface area (Å²) < 4.78 is 24.7. The van der Waals surface area contributed by atoms with Crippen LogP contribution < -0.4 is 9.47 Å². The summed E-state index contributed by atoms with van der Waals surface area (Å²) in [6.07, 6.45) is 0.667. The Kier molecular flexibility index (Phi) is 5.23. The van der Waals surface area contributed by atoms with Crippen molar-refractivity contribution in [2.45, 2.75) is 18.2 Å². The largest absolute Gasteiger partial charge is 0.493 e. The number of ether oxygens (including phenoxy) is 2. The zero-order valence-corrected chi connectivity index (χ0v) is 13.9. The molecule has 0 fully saturated rings. The Balaban J connectivity index is 2.23. The van der Waals surface area contributed by atoms with Crippen LogP contribution in [0.1, 0.15) is 21.5 Å². The molecule has 0 radical (unpaired) electrons. The second-order valence-corrected chi connectivity index (χ2v) is 5.94. The molecule has 0 N–H and O–H groups in total. The molecule has 1 atom stereocenters. The Bertz CT molecular complexity index is 628. The van der Waals surface area contributed by atoms with Gasteiger partial charge in [-0.1, -0.05) is 40.2 Å². The Hall–Kier alpha value is -1.55. The van der Waals surface area contributed by atoms with Crippen LogP contribution in [0, 0.1) is 12.7 Å². The highest BCUT2D eigenvalue weighted by Gasteiger charge is 2.15. The molecular weight excluding hydrogens is 335 g/mol. The molecular formula is C17H18BrFO2. The van der Waals surface area contributed by atoms with Gasteiger partial charge >= 0.3 is 0 Å². The molecule has 2 aromatic carbocycles. The number of aryl methyl sites for hydroxylation is 1. The van der Waals surface area contributed by atoms with Crippen LogP contribution in [0.2, 0.25) is 0 Å². The first-order chi connectivity index (χ1) is 10.1. The van der Waals surface area contributed by atoms with Crippen LogP contribution in [-0.4, -0.2) is 14.2 Å². The molecule has 0 aliphatic carbocycles. The van der Waals surface area contributed by atoms with Crippen molar-refractivity contribution in [1.82, 2.24) is 0 Å². The highest BCUT2D eigenvalue weighted by atomic mass is 79.9. The van der Waals surface area contributed by atoms with Gasteiger partial charge in [-0.3, -0.25) is 0 Å². The molecule has 2 aromatic rings. The highest BCUT2D eigenvalue weighted by Crippen LogP contribution is 2.33. The van der Waals surface area contributed by atoms with E-state index in [2.05, 4.69) is 15.9 Å². The van der Waals surface area contributed by atoms with Crippen LogP contribution in [0.15, 0.2) is 36.4 Å². The van der Waals surface area contributed by atoms with Gasteiger partial charge in [-0.25, -0.2) is 4.39 Å². The van der Waals surface area contributed by atoms with E-state index in [9.17, 15) is 4.39 Å². The average molecular weight is 353 g/mol. The van der Waals surface area contributed by atoms with Crippen molar-refractivity contribution in [3.05, 3.63) is 58.9 Å². The third kappa shape index (κ3) is 3.56. The normalized spacial score (nSPS) is 12.0. The molecule has 0 saturated heterocycles. The molecule has 0 spiro atoms. The number of benzene rings is 2. The van der Waals surface area contributed by atoms with Gasteiger partial charge in [-0.05, 0) is 36.6 Å². The van der Waals surface area contributed by atoms with E-state index in [4.69, 9.17) is 9.47 Å². The van der Waals surface area contributed by atoms with E-state index in [0.717, 1.165) is 5.56 Å². The zero-order valence-electron chi connectivity index (χ0n) is 12.3. The topological polar surface area (TPSA) is 18.5 Å². The van der Waals surface area contributed by atoms with Crippen molar-refractivity contribution in [3.8, 4) is 11.5 Å². The molecule has 0 saturated carbocycles. The van der Waals surface area contributed by atoms with Gasteiger partial charge in [0.15, 0.2) is 11.5 Å². The van der Waals surface area contributed by atoms with Gasteiger partial charge in [-0.2, -0.15) is 0 Å². The lowest BCUT2D eigenvalue weighted by Crippen LogP contribution is -2.01. The fourth-order valence-corrected chi connectivity index (χ4v) is 2.96. The number of rotatable bonds is 5. The summed E-state index contributed by atoms with van der Waals surface area (Å²) in [6, 6.07) is 11.2. The maximum atomic E-state index is 14.1. The minimum atomic E-state index is -0.153. The van der Waals surface area contributed by atoms with Gasteiger partial charge in [0.2, 0.25) is 0 Å². The summed E-state index contributed by atoms with van der Waals surface area (Å²) in [5.41, 5.74) is 2.38. The maximum absolute atomic E-state index is 14.1. The molecule has 0 bridgehead atoms. The first kappa shape index (κ1) is 15.8. The third-order valence-electron chi connectivity index (χ3n) is 3.42. The van der Waals surface area contributed by atoms with Crippen molar-refractivity contribution in [2.24, 2.45) is 0 Å². The second-order valence-electron chi connectivity index (χ2n) is 4.84. The highest BCUT2D eigenvalue weighted by molar-refractivity contribution is 9.09. The molecule has 0 amide bonds. The molecule has 1 unspecified atom stereocenters. The van der Waals surface area contributed by atoms with Crippen LogP contribution >= 0.6 is 15.9 Å². The second kappa shape index (κ2) is 6.94. The summed E-state index contributed by atoms with van der Waals surface area (Å²) in [7, 11) is 3.21. The summed E-state index contributed by atoms with van der Waals surface area (Å²) >= 11 is 3.58. The lowest BCUT2D eigenvalue weighted by molar-refractivity contribution is 0.354. The molecule has 21 heavy (non-hydrogen) atoms. The Morgan fingerprint density at radius 3 is 2.48 bits per heavy atom. The van der Waals surface area contributed by atoms with Crippen LogP contribution in [0.25, 0.3) is 0 Å². The summed E-state index contributed by atoms with van der Waals surface area (Å²) in [5, 5.41) is 0. The number of halogens is 2. The SMILES string of the molecule is COc1ccc(CC(Br)c2cccc(C)c2F)cc1OC. The first-order valence-corrected chi connectivity index (χ1v) is 7.58. The number of hydrogen-bond acceptors (Lipinski definition) is 2. The minimum Gasteiger partial charge on any atom is -0.493 e. The predicted octanol–water partition coefficient (Wildman–Crippen LogP) is 4.83. The summed E-state index contributed by atoms with van der Waals surface area (Å²) in [4.78, 5) is -0.0875. The van der Waals surface area contributed by atoms with Crippen molar-refractivity contribution < 1.29 is 13.9 Å². The van der Waals surface area contributed by atoms with Gasteiger partial charge in [0.05, 0.1) is 14.2 Å². The fraction of sp³-hybridized carbons (Fsp3) is 0.294. The van der Waals surface area contributed by atoms with E-state index < -0.39 is 0 Å². The van der Waals surface area contributed by atoms with Crippen molar-refractivity contribution in [2.75, 3.05) is 14.2 Å². The van der Waals surface area contributed by atoms with Crippen molar-refractivity contribution >= 4 is 15.9 Å². The lowest BCUT2D eigenvalue weighted by Gasteiger charge is -2.14. The molecule has 0 aliphatic rings. The van der Waals surface area contributed by atoms with E-state index in [1.807, 2.05) is 30.3 Å². The fourth-order valence-electron chi connectivity index (χ4n) is 2.24. The Labute approximate surface area is 133 Å². The van der Waals surface area contributed by atoms with Crippen molar-refractivity contribution in [3.63, 3.8) is 0 Å². The Morgan fingerprint density at radius 1 is 1.10 bits per heavy atom. The van der Waals surface area contributed by atoms with Gasteiger partial charge < -0.3 is 9.47 Å². The van der Waals surface area contributed by atoms with Crippen LogP contribution in [0.4, 0.5) is 4.39 Å². The van der Waals surface area contributed by atoms with Crippen LogP contribution in [0.3, 0.4) is 0 Å². The van der Waals surface area contributed by atoms with Gasteiger partial charge in [0.1, 0.15) is 5.82 Å². The van der Waals surface area contributed by atoms with E-state index in [-0.39, 0.29) is 10.6 Å². The van der Waals surface area contributed by atoms with E-state index >= 15 is 0 Å². The lowest BCUT2D eigenvalue weighted by atomic mass is 10.0. The quantitative estimate of drug-likeness (QED) is 0.717. The van der Waals surface area contributed by atoms with Crippen LogP contribution in [-0.2, 0) is 6.42 Å². The summed E-state index contributed by atoms with van der Waals surface area (Å²) in [6.45, 7) is 1.77. The minimum absolute atomic E-state index is 0.0875. The Morgan fingerprint density at radius 2 is 1.81 bits per heavy atom. The van der Waals surface area contributed by atoms with E-state index in [1.165, 1.54) is 0 Å². The number of alkyl halides is 1. The molecule has 0 heterocycles. The number of hydrogen-bond donors (Lipinski definition) is 0. The molecule has 112 valence electrons. The zero-order chi connectivity index (χ0) is 15.4. The molecule has 0 aliphatic heterocycles. The van der Waals surface area contributed by atoms with Gasteiger partial charge in [0.25, 0.3) is 0 Å². The van der Waals surface area contributed by atoms with Crippen molar-refractivity contribution in [1.29, 1.82) is 0 Å². The molecule has 2 rings (SSSR count). The monoisotopic (exact) mass is 352 g/mol. The van der Waals surface area contributed by atoms with Gasteiger partial charge in [-0.15, -0.1) is 0 Å². The third-order valence-corrected chi connectivity index (χ3v) is 4.24. The standard InChI is InChI=1S/C17H18BrFO2/c1-11-5-4-6-13(17(11)19)14(18)9-12-7-8-15(20-2)16(10-12)21-3/h4-8,10,14H,9H2,1-3H3. The van der Waals surface area contributed by atoms with E-state index in [1.54, 1.807) is 27.2 Å². The molecule has 0 aromatic heterocycles. The average Bonchev–Trinajstić information content (AvgIpc) is 2.49. The summed E-state index contributed by atoms with van der Waals surface area (Å²) in [5.74, 6) is 1.22. The number of methoxy groups -OCH3 is 2. The van der Waals surface area contributed by atoms with E-state index in [0.29, 0.717) is 29.0 Å². The first-order valence-electron chi connectivity index (χ1n) is 6.66. The molecule has 4 heteroatoms. The maximum Gasteiger partial charge on any atom is 0.160 e. The predicted molar refractivity (Wildman–Crippen MR) is 86.1 cm³/mol.